The lowest BCUT2D eigenvalue weighted by atomic mass is 10.3. The van der Waals surface area contributed by atoms with Gasteiger partial charge in [-0.3, -0.25) is 4.52 Å². The Morgan fingerprint density at radius 2 is 1.50 bits per heavy atom. The van der Waals surface area contributed by atoms with E-state index in [0.717, 1.165) is 0 Å². The van der Waals surface area contributed by atoms with E-state index in [2.05, 4.69) is 4.52 Å². The van der Waals surface area contributed by atoms with Crippen molar-refractivity contribution >= 4 is 7.82 Å². The molecule has 0 aliphatic heterocycles. The normalized spacial score (nSPS) is 17.9. The van der Waals surface area contributed by atoms with Gasteiger partial charge in [-0.15, -0.1) is 0 Å². The molecule has 12 heavy (non-hydrogen) atoms. The van der Waals surface area contributed by atoms with Gasteiger partial charge >= 0.3 is 7.82 Å². The Bertz CT molecular complexity index is 173. The first-order valence-corrected chi connectivity index (χ1v) is 4.23. The summed E-state index contributed by atoms with van der Waals surface area (Å²) in [7, 11) is -4.95. The number of phosphoric ester groups is 1. The first-order valence-electron chi connectivity index (χ1n) is 2.70. The van der Waals surface area contributed by atoms with Gasteiger partial charge in [0.25, 0.3) is 0 Å². The van der Waals surface area contributed by atoms with Crippen LogP contribution in [-0.2, 0) is 9.09 Å². The largest absolute Gasteiger partial charge is 0.472 e. The van der Waals surface area contributed by atoms with Gasteiger partial charge in [-0.05, 0) is 0 Å². The van der Waals surface area contributed by atoms with Crippen molar-refractivity contribution in [3.63, 3.8) is 0 Å². The van der Waals surface area contributed by atoms with Crippen LogP contribution in [-0.4, -0.2) is 48.9 Å². The molecule has 0 saturated carbocycles. The van der Waals surface area contributed by atoms with E-state index in [1.54, 1.807) is 0 Å². The van der Waals surface area contributed by atoms with E-state index in [1.807, 2.05) is 0 Å². The molecular formula is C3H9O8P. The van der Waals surface area contributed by atoms with Crippen LogP contribution in [0.2, 0.25) is 0 Å². The van der Waals surface area contributed by atoms with Crippen molar-refractivity contribution in [2.24, 2.45) is 0 Å². The summed E-state index contributed by atoms with van der Waals surface area (Å²) >= 11 is 0. The molecule has 0 rings (SSSR count). The zero-order valence-corrected chi connectivity index (χ0v) is 6.57. The molecule has 0 bridgehead atoms. The number of aliphatic hydroxyl groups excluding tert-OH is 3. The Morgan fingerprint density at radius 3 is 1.75 bits per heavy atom. The highest BCUT2D eigenvalue weighted by molar-refractivity contribution is 7.46. The van der Waals surface area contributed by atoms with Gasteiger partial charge in [-0.1, -0.05) is 0 Å². The van der Waals surface area contributed by atoms with Crippen LogP contribution < -0.4 is 0 Å². The second-order valence-corrected chi connectivity index (χ2v) is 3.08. The highest BCUT2D eigenvalue weighted by atomic mass is 31.2. The van der Waals surface area contributed by atoms with Crippen LogP contribution in [0.4, 0.5) is 0 Å². The summed E-state index contributed by atoms with van der Waals surface area (Å²) in [5, 5.41) is 33.5. The zero-order valence-electron chi connectivity index (χ0n) is 5.68. The molecule has 8 nitrogen and oxygen atoms in total. The van der Waals surface area contributed by atoms with Crippen LogP contribution >= 0.6 is 7.82 Å². The van der Waals surface area contributed by atoms with Crippen molar-refractivity contribution in [1.29, 1.82) is 0 Å². The summed E-state index contributed by atoms with van der Waals surface area (Å²) in [6, 6.07) is 0. The maximum absolute atomic E-state index is 10.0. The van der Waals surface area contributed by atoms with E-state index in [1.165, 1.54) is 0 Å². The van der Waals surface area contributed by atoms with Crippen molar-refractivity contribution < 1.29 is 39.3 Å². The Kier molecular flexibility index (Phi) is 4.24. The van der Waals surface area contributed by atoms with Crippen LogP contribution in [0.5, 0.6) is 0 Å². The first kappa shape index (κ1) is 11.9. The smallest absolute Gasteiger partial charge is 0.382 e. The number of aliphatic hydroxyl groups is 4. The molecule has 0 aromatic rings. The van der Waals surface area contributed by atoms with E-state index in [-0.39, 0.29) is 0 Å². The SMILES string of the molecule is O=P(O)(O)OC(O)C(O)C(O)O. The number of hydrogen-bond acceptors (Lipinski definition) is 6. The summed E-state index contributed by atoms with van der Waals surface area (Å²) in [6.45, 7) is 0. The Hall–Kier alpha value is -0.0500. The standard InChI is InChI=1S/C3H9O8P/c4-1(2(5)6)3(7)11-12(8,9)10/h1-7H,(H2,8,9,10). The third-order valence-electron chi connectivity index (χ3n) is 0.843. The van der Waals surface area contributed by atoms with Crippen molar-refractivity contribution in [3.8, 4) is 0 Å². The second-order valence-electron chi connectivity index (χ2n) is 1.89. The van der Waals surface area contributed by atoms with E-state index >= 15 is 0 Å². The average molecular weight is 204 g/mol. The van der Waals surface area contributed by atoms with Crippen molar-refractivity contribution in [2.45, 2.75) is 18.7 Å². The minimum Gasteiger partial charge on any atom is -0.382 e. The number of phosphoric acid groups is 1. The molecule has 2 atom stereocenters. The fourth-order valence-corrected chi connectivity index (χ4v) is 0.756. The maximum Gasteiger partial charge on any atom is 0.472 e. The molecule has 6 N–H and O–H groups in total. The molecule has 2 unspecified atom stereocenters. The summed E-state index contributed by atoms with van der Waals surface area (Å²) in [5.41, 5.74) is 0. The molecule has 0 aliphatic carbocycles. The molecule has 74 valence electrons. The highest BCUT2D eigenvalue weighted by Crippen LogP contribution is 2.37. The van der Waals surface area contributed by atoms with Crippen LogP contribution in [0.1, 0.15) is 0 Å². The van der Waals surface area contributed by atoms with Crippen molar-refractivity contribution in [1.82, 2.24) is 0 Å². The number of rotatable bonds is 4. The predicted molar refractivity (Wildman–Crippen MR) is 33.4 cm³/mol. The van der Waals surface area contributed by atoms with E-state index in [9.17, 15) is 4.57 Å². The minimum absolute atomic E-state index is 2.20. The molecular weight excluding hydrogens is 195 g/mol. The minimum atomic E-state index is -4.95. The van der Waals surface area contributed by atoms with E-state index < -0.39 is 26.5 Å². The Morgan fingerprint density at radius 1 is 1.08 bits per heavy atom. The first-order chi connectivity index (χ1) is 5.24. The third kappa shape index (κ3) is 4.75. The summed E-state index contributed by atoms with van der Waals surface area (Å²) in [6.07, 6.45) is -6.89. The van der Waals surface area contributed by atoms with E-state index in [0.29, 0.717) is 0 Å². The van der Waals surface area contributed by atoms with Gasteiger partial charge < -0.3 is 30.2 Å². The predicted octanol–water partition coefficient (Wildman–Crippen LogP) is -2.91. The fourth-order valence-electron chi connectivity index (χ4n) is 0.350. The Balaban J connectivity index is 4.04. The van der Waals surface area contributed by atoms with Crippen LogP contribution in [0, 0.1) is 0 Å². The summed E-state index contributed by atoms with van der Waals surface area (Å²) in [4.78, 5) is 16.1. The van der Waals surface area contributed by atoms with Gasteiger partial charge in [-0.2, -0.15) is 0 Å². The highest BCUT2D eigenvalue weighted by Gasteiger charge is 2.30. The third-order valence-corrected chi connectivity index (χ3v) is 1.33. The molecule has 9 heteroatoms. The molecule has 0 saturated heterocycles. The van der Waals surface area contributed by atoms with Crippen LogP contribution in [0.15, 0.2) is 0 Å². The quantitative estimate of drug-likeness (QED) is 0.211. The molecule has 0 aromatic heterocycles. The lowest BCUT2D eigenvalue weighted by Crippen LogP contribution is -2.38. The maximum atomic E-state index is 10.0. The topological polar surface area (TPSA) is 148 Å². The molecule has 0 heterocycles. The lowest BCUT2D eigenvalue weighted by Gasteiger charge is -2.19. The van der Waals surface area contributed by atoms with Gasteiger partial charge in [0.1, 0.15) is 0 Å². The lowest BCUT2D eigenvalue weighted by molar-refractivity contribution is -0.205. The Labute approximate surface area is 66.9 Å². The van der Waals surface area contributed by atoms with Crippen LogP contribution in [0.3, 0.4) is 0 Å². The fraction of sp³-hybridized carbons (Fsp3) is 1.00. The van der Waals surface area contributed by atoms with E-state index in [4.69, 9.17) is 30.2 Å². The summed E-state index contributed by atoms with van der Waals surface area (Å²) in [5.74, 6) is 0. The van der Waals surface area contributed by atoms with Gasteiger partial charge in [0.15, 0.2) is 18.7 Å². The van der Waals surface area contributed by atoms with Crippen LogP contribution in [0.25, 0.3) is 0 Å². The van der Waals surface area contributed by atoms with Gasteiger partial charge in [-0.25, -0.2) is 4.57 Å². The van der Waals surface area contributed by atoms with Crippen molar-refractivity contribution in [2.75, 3.05) is 0 Å². The van der Waals surface area contributed by atoms with Gasteiger partial charge in [0.2, 0.25) is 0 Å². The average Bonchev–Trinajstić information content (AvgIpc) is 1.82. The molecule has 0 aliphatic rings. The number of hydrogen-bond donors (Lipinski definition) is 6. The molecule has 0 radical (unpaired) electrons. The molecule has 0 aromatic carbocycles. The zero-order chi connectivity index (χ0) is 9.94. The van der Waals surface area contributed by atoms with Crippen molar-refractivity contribution in [3.05, 3.63) is 0 Å². The van der Waals surface area contributed by atoms with Gasteiger partial charge in [0.05, 0.1) is 0 Å². The monoisotopic (exact) mass is 204 g/mol. The molecule has 0 spiro atoms. The molecule has 0 fully saturated rings. The second kappa shape index (κ2) is 4.26. The van der Waals surface area contributed by atoms with Gasteiger partial charge in [0, 0.05) is 0 Å². The summed E-state index contributed by atoms with van der Waals surface area (Å²) < 4.78 is 13.5. The molecule has 0 amide bonds.